The molecule has 6 nitrogen and oxygen atoms in total. The van der Waals surface area contributed by atoms with Gasteiger partial charge in [-0.3, -0.25) is 0 Å². The van der Waals surface area contributed by atoms with E-state index >= 15 is 0 Å². The van der Waals surface area contributed by atoms with E-state index in [-0.39, 0.29) is 6.54 Å². The first-order valence-corrected chi connectivity index (χ1v) is 7.26. The first-order valence-electron chi connectivity index (χ1n) is 5.82. The molecular weight excluding hydrogens is 287 g/mol. The van der Waals surface area contributed by atoms with Crippen LogP contribution in [-0.4, -0.2) is 45.4 Å². The van der Waals surface area contributed by atoms with Crippen LogP contribution in [0.4, 0.5) is 4.39 Å². The zero-order valence-electron chi connectivity index (χ0n) is 11.5. The van der Waals surface area contributed by atoms with E-state index in [1.165, 1.54) is 13.1 Å². The van der Waals surface area contributed by atoms with Crippen molar-refractivity contribution in [3.8, 4) is 0 Å². The van der Waals surface area contributed by atoms with Gasteiger partial charge in [0.05, 0.1) is 12.0 Å². The third-order valence-electron chi connectivity index (χ3n) is 2.98. The van der Waals surface area contributed by atoms with Crippen molar-refractivity contribution < 1.29 is 22.3 Å². The fraction of sp³-hybridized carbons (Fsp3) is 0.417. The van der Waals surface area contributed by atoms with Crippen molar-refractivity contribution in [2.24, 2.45) is 5.73 Å². The average molecular weight is 304 g/mol. The molecule has 0 saturated carbocycles. The minimum atomic E-state index is -4.05. The quantitative estimate of drug-likeness (QED) is 0.804. The fourth-order valence-corrected chi connectivity index (χ4v) is 3.12. The van der Waals surface area contributed by atoms with E-state index in [4.69, 9.17) is 5.73 Å². The molecule has 0 aromatic heterocycles. The van der Waals surface area contributed by atoms with Crippen LogP contribution >= 0.6 is 0 Å². The number of carbonyl (C=O) groups excluding carboxylic acids is 1. The standard InChI is InChI=1S/C12H17FN2O4S/c1-8(7-14)15(2)20(17,18)10-6-4-5-9(13)11(10)12(16)19-3/h4-6,8H,7,14H2,1-3H3. The van der Waals surface area contributed by atoms with Crippen LogP contribution in [0.2, 0.25) is 0 Å². The van der Waals surface area contributed by atoms with Gasteiger partial charge in [-0.05, 0) is 19.1 Å². The van der Waals surface area contributed by atoms with Gasteiger partial charge >= 0.3 is 5.97 Å². The minimum Gasteiger partial charge on any atom is -0.465 e. The summed E-state index contributed by atoms with van der Waals surface area (Å²) in [4.78, 5) is 11.2. The predicted molar refractivity (Wildman–Crippen MR) is 71.2 cm³/mol. The maximum Gasteiger partial charge on any atom is 0.342 e. The molecule has 112 valence electrons. The molecule has 0 spiro atoms. The number of ether oxygens (including phenoxy) is 1. The van der Waals surface area contributed by atoms with Gasteiger partial charge in [0.2, 0.25) is 10.0 Å². The lowest BCUT2D eigenvalue weighted by Crippen LogP contribution is -2.40. The third kappa shape index (κ3) is 2.97. The largest absolute Gasteiger partial charge is 0.465 e. The molecule has 0 heterocycles. The molecule has 0 saturated heterocycles. The minimum absolute atomic E-state index is 0.0958. The lowest BCUT2D eigenvalue weighted by Gasteiger charge is -2.24. The maximum absolute atomic E-state index is 13.8. The van der Waals surface area contributed by atoms with Crippen molar-refractivity contribution in [1.82, 2.24) is 4.31 Å². The number of carbonyl (C=O) groups is 1. The number of methoxy groups -OCH3 is 1. The normalized spacial score (nSPS) is 13.3. The lowest BCUT2D eigenvalue weighted by molar-refractivity contribution is 0.0590. The van der Waals surface area contributed by atoms with Gasteiger partial charge in [0.25, 0.3) is 0 Å². The first kappa shape index (κ1) is 16.5. The molecule has 0 amide bonds. The lowest BCUT2D eigenvalue weighted by atomic mass is 10.2. The van der Waals surface area contributed by atoms with Crippen LogP contribution in [0.25, 0.3) is 0 Å². The Bertz CT molecular complexity index is 603. The smallest absolute Gasteiger partial charge is 0.342 e. The van der Waals surface area contributed by atoms with E-state index in [9.17, 15) is 17.6 Å². The van der Waals surface area contributed by atoms with E-state index in [1.807, 2.05) is 0 Å². The first-order chi connectivity index (χ1) is 9.27. The Morgan fingerprint density at radius 3 is 2.60 bits per heavy atom. The fourth-order valence-electron chi connectivity index (χ4n) is 1.56. The van der Waals surface area contributed by atoms with Crippen molar-refractivity contribution in [3.05, 3.63) is 29.6 Å². The van der Waals surface area contributed by atoms with Crippen LogP contribution < -0.4 is 5.73 Å². The van der Waals surface area contributed by atoms with Crippen molar-refractivity contribution in [2.45, 2.75) is 17.9 Å². The van der Waals surface area contributed by atoms with Crippen molar-refractivity contribution in [2.75, 3.05) is 20.7 Å². The molecular formula is C12H17FN2O4S. The van der Waals surface area contributed by atoms with Gasteiger partial charge in [-0.25, -0.2) is 17.6 Å². The number of likely N-dealkylation sites (N-methyl/N-ethyl adjacent to an activating group) is 1. The van der Waals surface area contributed by atoms with E-state index in [1.54, 1.807) is 6.92 Å². The molecule has 1 rings (SSSR count). The highest BCUT2D eigenvalue weighted by Crippen LogP contribution is 2.23. The van der Waals surface area contributed by atoms with Gasteiger partial charge in [-0.15, -0.1) is 0 Å². The van der Waals surface area contributed by atoms with Crippen LogP contribution in [0.3, 0.4) is 0 Å². The average Bonchev–Trinajstić information content (AvgIpc) is 2.44. The summed E-state index contributed by atoms with van der Waals surface area (Å²) in [5.74, 6) is -2.00. The molecule has 0 aliphatic heterocycles. The molecule has 1 atom stereocenters. The molecule has 1 unspecified atom stereocenters. The van der Waals surface area contributed by atoms with Crippen LogP contribution in [0.15, 0.2) is 23.1 Å². The highest BCUT2D eigenvalue weighted by Gasteiger charge is 2.31. The summed E-state index contributed by atoms with van der Waals surface area (Å²) < 4.78 is 44.0. The number of nitrogens with zero attached hydrogens (tertiary/aromatic N) is 1. The summed E-state index contributed by atoms with van der Waals surface area (Å²) in [7, 11) is -1.67. The number of sulfonamides is 1. The number of halogens is 1. The molecule has 1 aromatic rings. The topological polar surface area (TPSA) is 89.7 Å². The van der Waals surface area contributed by atoms with Crippen molar-refractivity contribution >= 4 is 16.0 Å². The predicted octanol–water partition coefficient (Wildman–Crippen LogP) is 0.580. The zero-order chi connectivity index (χ0) is 15.5. The molecule has 0 aliphatic carbocycles. The van der Waals surface area contributed by atoms with Gasteiger partial charge in [-0.2, -0.15) is 4.31 Å². The Labute approximate surface area is 117 Å². The van der Waals surface area contributed by atoms with Crippen LogP contribution in [-0.2, 0) is 14.8 Å². The molecule has 0 radical (unpaired) electrons. The Morgan fingerprint density at radius 2 is 2.10 bits per heavy atom. The summed E-state index contributed by atoms with van der Waals surface area (Å²) in [6.07, 6.45) is 0. The summed E-state index contributed by atoms with van der Waals surface area (Å²) in [5, 5.41) is 0. The highest BCUT2D eigenvalue weighted by molar-refractivity contribution is 7.89. The maximum atomic E-state index is 13.8. The van der Waals surface area contributed by atoms with Crippen molar-refractivity contribution in [3.63, 3.8) is 0 Å². The van der Waals surface area contributed by atoms with E-state index in [2.05, 4.69) is 4.74 Å². The molecule has 8 heteroatoms. The third-order valence-corrected chi connectivity index (χ3v) is 5.00. The van der Waals surface area contributed by atoms with Gasteiger partial charge in [0.1, 0.15) is 11.4 Å². The number of esters is 1. The molecule has 20 heavy (non-hydrogen) atoms. The molecule has 0 aliphatic rings. The Morgan fingerprint density at radius 1 is 1.50 bits per heavy atom. The Kier molecular flexibility index (Phi) is 5.21. The number of rotatable bonds is 5. The molecule has 1 aromatic carbocycles. The monoisotopic (exact) mass is 304 g/mol. The van der Waals surface area contributed by atoms with Crippen LogP contribution in [0.5, 0.6) is 0 Å². The summed E-state index contributed by atoms with van der Waals surface area (Å²) in [6.45, 7) is 1.70. The Hall–Kier alpha value is -1.51. The van der Waals surface area contributed by atoms with E-state index in [0.29, 0.717) is 0 Å². The van der Waals surface area contributed by atoms with Gasteiger partial charge in [0.15, 0.2) is 0 Å². The highest BCUT2D eigenvalue weighted by atomic mass is 32.2. The van der Waals surface area contributed by atoms with Crippen molar-refractivity contribution in [1.29, 1.82) is 0 Å². The van der Waals surface area contributed by atoms with E-state index < -0.39 is 38.3 Å². The summed E-state index contributed by atoms with van der Waals surface area (Å²) in [5.41, 5.74) is 4.82. The zero-order valence-corrected chi connectivity index (χ0v) is 12.3. The molecule has 0 bridgehead atoms. The van der Waals surface area contributed by atoms with Gasteiger partial charge in [0, 0.05) is 19.6 Å². The molecule has 2 N–H and O–H groups in total. The summed E-state index contributed by atoms with van der Waals surface area (Å²) in [6, 6.07) is 2.88. The second kappa shape index (κ2) is 6.29. The van der Waals surface area contributed by atoms with Crippen LogP contribution in [0.1, 0.15) is 17.3 Å². The molecule has 0 fully saturated rings. The van der Waals surface area contributed by atoms with Gasteiger partial charge < -0.3 is 10.5 Å². The van der Waals surface area contributed by atoms with E-state index in [0.717, 1.165) is 23.5 Å². The summed E-state index contributed by atoms with van der Waals surface area (Å²) >= 11 is 0. The number of hydrogen-bond donors (Lipinski definition) is 1. The Balaban J connectivity index is 3.47. The number of nitrogens with two attached hydrogens (primary N) is 1. The number of hydrogen-bond acceptors (Lipinski definition) is 5. The van der Waals surface area contributed by atoms with Crippen LogP contribution in [0, 0.1) is 5.82 Å². The second-order valence-electron chi connectivity index (χ2n) is 4.21. The second-order valence-corrected chi connectivity index (χ2v) is 6.18. The van der Waals surface area contributed by atoms with Gasteiger partial charge in [-0.1, -0.05) is 6.07 Å². The SMILES string of the molecule is COC(=O)c1c(F)cccc1S(=O)(=O)N(C)C(C)CN. The number of benzene rings is 1.